The lowest BCUT2D eigenvalue weighted by Gasteiger charge is -2.04. The Kier molecular flexibility index (Phi) is 6.50. The molecule has 0 saturated carbocycles. The Morgan fingerprint density at radius 2 is 1.71 bits per heavy atom. The highest BCUT2D eigenvalue weighted by molar-refractivity contribution is 6.31. The van der Waals surface area contributed by atoms with Crippen LogP contribution < -0.4 is 9.47 Å². The lowest BCUT2D eigenvalue weighted by molar-refractivity contribution is 0.128. The fourth-order valence-electron chi connectivity index (χ4n) is 2.94. The molecule has 0 aliphatic carbocycles. The van der Waals surface area contributed by atoms with E-state index in [9.17, 15) is 0 Å². The fourth-order valence-corrected chi connectivity index (χ4v) is 3.13. The van der Waals surface area contributed by atoms with Crippen molar-refractivity contribution in [3.8, 4) is 28.4 Å². The van der Waals surface area contributed by atoms with Crippen LogP contribution in [0.4, 0.5) is 0 Å². The van der Waals surface area contributed by atoms with Crippen molar-refractivity contribution < 1.29 is 14.3 Å². The Labute approximate surface area is 185 Å². The average molecular weight is 434 g/mol. The minimum atomic E-state index is 0.244. The van der Waals surface area contributed by atoms with Gasteiger partial charge in [0.1, 0.15) is 18.1 Å². The molecular weight excluding hydrogens is 414 g/mol. The summed E-state index contributed by atoms with van der Waals surface area (Å²) in [4.78, 5) is 5.31. The smallest absolute Gasteiger partial charge is 0.218 e. The number of halogens is 1. The number of hydrogen-bond donors (Lipinski definition) is 0. The summed E-state index contributed by atoms with van der Waals surface area (Å²) < 4.78 is 12.8. The van der Waals surface area contributed by atoms with Gasteiger partial charge in [-0.05, 0) is 42.5 Å². The molecule has 0 aliphatic rings. The molecule has 0 saturated heterocycles. The molecule has 0 radical (unpaired) electrons. The van der Waals surface area contributed by atoms with Crippen LogP contribution in [0.5, 0.6) is 11.5 Å². The first-order valence-corrected chi connectivity index (χ1v) is 9.96. The van der Waals surface area contributed by atoms with Gasteiger partial charge in [0.05, 0.1) is 19.0 Å². The van der Waals surface area contributed by atoms with Gasteiger partial charge in [-0.15, -0.1) is 0 Å². The zero-order chi connectivity index (χ0) is 21.5. The van der Waals surface area contributed by atoms with Gasteiger partial charge in [-0.3, -0.25) is 0 Å². The molecular formula is C24H20ClN3O3. The first-order valence-electron chi connectivity index (χ1n) is 9.58. The van der Waals surface area contributed by atoms with E-state index in [0.29, 0.717) is 16.5 Å². The lowest BCUT2D eigenvalue weighted by atomic mass is 10.1. The zero-order valence-corrected chi connectivity index (χ0v) is 17.6. The van der Waals surface area contributed by atoms with Crippen LogP contribution in [0, 0.1) is 0 Å². The third kappa shape index (κ3) is 5.05. The minimum absolute atomic E-state index is 0.244. The fraction of sp³-hybridized carbons (Fsp3) is 0.0833. The monoisotopic (exact) mass is 433 g/mol. The number of benzene rings is 3. The molecule has 0 unspecified atom stereocenters. The van der Waals surface area contributed by atoms with E-state index >= 15 is 0 Å². The molecule has 31 heavy (non-hydrogen) atoms. The van der Waals surface area contributed by atoms with E-state index in [4.69, 9.17) is 31.0 Å². The van der Waals surface area contributed by atoms with Crippen molar-refractivity contribution >= 4 is 18.0 Å². The lowest BCUT2D eigenvalue weighted by Crippen LogP contribution is -1.94. The maximum Gasteiger partial charge on any atom is 0.218 e. The quantitative estimate of drug-likeness (QED) is 0.202. The van der Waals surface area contributed by atoms with Gasteiger partial charge >= 0.3 is 0 Å². The van der Waals surface area contributed by atoms with Crippen LogP contribution in [-0.4, -0.2) is 23.3 Å². The van der Waals surface area contributed by atoms with Crippen LogP contribution in [0.15, 0.2) is 90.2 Å². The summed E-state index contributed by atoms with van der Waals surface area (Å²) in [5.41, 5.74) is 3.32. The predicted octanol–water partition coefficient (Wildman–Crippen LogP) is 5.74. The molecule has 3 aromatic carbocycles. The standard InChI is InChI=1S/C24H20ClN3O3/c1-29-21-13-11-18(12-14-21)24-23(15-28(27-24)20-8-3-2-4-9-20)30-17-26-31-16-19-7-5-6-10-22(19)25/h2-15,17H,16H2,1H3/b26-17+. The van der Waals surface area contributed by atoms with Gasteiger partial charge in [0.25, 0.3) is 0 Å². The SMILES string of the molecule is COc1ccc(-c2nn(-c3ccccc3)cc2O/C=N/OCc2ccccc2Cl)cc1. The Hall–Kier alpha value is -3.77. The molecule has 156 valence electrons. The summed E-state index contributed by atoms with van der Waals surface area (Å²) in [6.45, 7) is 0.244. The average Bonchev–Trinajstić information content (AvgIpc) is 3.25. The summed E-state index contributed by atoms with van der Waals surface area (Å²) in [6.07, 6.45) is 3.05. The highest BCUT2D eigenvalue weighted by Gasteiger charge is 2.14. The summed E-state index contributed by atoms with van der Waals surface area (Å²) >= 11 is 6.12. The summed E-state index contributed by atoms with van der Waals surface area (Å²) in [5.74, 6) is 1.31. The molecule has 1 aromatic heterocycles. The second-order valence-electron chi connectivity index (χ2n) is 6.54. The van der Waals surface area contributed by atoms with Crippen molar-refractivity contribution in [1.29, 1.82) is 0 Å². The number of oxime groups is 1. The maximum absolute atomic E-state index is 6.12. The molecule has 0 aliphatic heterocycles. The molecule has 7 heteroatoms. The minimum Gasteiger partial charge on any atom is -0.497 e. The van der Waals surface area contributed by atoms with E-state index in [2.05, 4.69) is 5.16 Å². The van der Waals surface area contributed by atoms with Crippen molar-refractivity contribution in [1.82, 2.24) is 9.78 Å². The first kappa shape index (κ1) is 20.5. The molecule has 1 heterocycles. The topological polar surface area (TPSA) is 57.9 Å². The number of ether oxygens (including phenoxy) is 2. The summed E-state index contributed by atoms with van der Waals surface area (Å²) in [5, 5.41) is 9.21. The van der Waals surface area contributed by atoms with Crippen molar-refractivity contribution in [2.45, 2.75) is 6.61 Å². The van der Waals surface area contributed by atoms with Crippen molar-refractivity contribution in [3.05, 3.63) is 95.6 Å². The van der Waals surface area contributed by atoms with Crippen molar-refractivity contribution in [3.63, 3.8) is 0 Å². The maximum atomic E-state index is 6.12. The third-order valence-corrected chi connectivity index (χ3v) is 4.91. The predicted molar refractivity (Wildman–Crippen MR) is 121 cm³/mol. The van der Waals surface area contributed by atoms with Crippen LogP contribution in [0.2, 0.25) is 5.02 Å². The van der Waals surface area contributed by atoms with Crippen molar-refractivity contribution in [2.75, 3.05) is 7.11 Å². The zero-order valence-electron chi connectivity index (χ0n) is 16.8. The molecule has 0 atom stereocenters. The van der Waals surface area contributed by atoms with E-state index in [1.54, 1.807) is 24.1 Å². The van der Waals surface area contributed by atoms with Gasteiger partial charge < -0.3 is 14.3 Å². The van der Waals surface area contributed by atoms with E-state index in [-0.39, 0.29) is 6.61 Å². The Morgan fingerprint density at radius 3 is 2.45 bits per heavy atom. The van der Waals surface area contributed by atoms with E-state index in [1.165, 1.54) is 6.40 Å². The van der Waals surface area contributed by atoms with Gasteiger partial charge in [0, 0.05) is 16.1 Å². The number of rotatable bonds is 8. The molecule has 0 bridgehead atoms. The first-order chi connectivity index (χ1) is 15.2. The largest absolute Gasteiger partial charge is 0.497 e. The highest BCUT2D eigenvalue weighted by atomic mass is 35.5. The second kappa shape index (κ2) is 9.82. The van der Waals surface area contributed by atoms with Gasteiger partial charge in [0.15, 0.2) is 5.75 Å². The van der Waals surface area contributed by atoms with Gasteiger partial charge in [-0.25, -0.2) is 4.68 Å². The molecule has 4 rings (SSSR count). The normalized spacial score (nSPS) is 10.9. The van der Waals surface area contributed by atoms with E-state index < -0.39 is 0 Å². The molecule has 6 nitrogen and oxygen atoms in total. The summed E-state index contributed by atoms with van der Waals surface area (Å²) in [6, 6.07) is 24.8. The number of methoxy groups -OCH3 is 1. The highest BCUT2D eigenvalue weighted by Crippen LogP contribution is 2.30. The number of nitrogens with zero attached hydrogens (tertiary/aromatic N) is 3. The Balaban J connectivity index is 1.53. The molecule has 0 fully saturated rings. The van der Waals surface area contributed by atoms with Crippen LogP contribution in [0.1, 0.15) is 5.56 Å². The number of para-hydroxylation sites is 1. The van der Waals surface area contributed by atoms with Gasteiger partial charge in [-0.2, -0.15) is 5.10 Å². The van der Waals surface area contributed by atoms with Crippen LogP contribution >= 0.6 is 11.6 Å². The van der Waals surface area contributed by atoms with E-state index in [1.807, 2.05) is 72.8 Å². The Bertz CT molecular complexity index is 1160. The van der Waals surface area contributed by atoms with Crippen LogP contribution in [0.25, 0.3) is 16.9 Å². The number of hydrogen-bond acceptors (Lipinski definition) is 5. The van der Waals surface area contributed by atoms with Crippen molar-refractivity contribution in [2.24, 2.45) is 5.16 Å². The summed E-state index contributed by atoms with van der Waals surface area (Å²) in [7, 11) is 1.63. The van der Waals surface area contributed by atoms with E-state index in [0.717, 1.165) is 22.6 Å². The Morgan fingerprint density at radius 1 is 0.968 bits per heavy atom. The molecule has 4 aromatic rings. The molecule has 0 amide bonds. The van der Waals surface area contributed by atoms with Gasteiger partial charge in [-0.1, -0.05) is 53.2 Å². The molecule has 0 N–H and O–H groups in total. The third-order valence-electron chi connectivity index (χ3n) is 4.54. The van der Waals surface area contributed by atoms with Gasteiger partial charge in [0.2, 0.25) is 6.40 Å². The number of aromatic nitrogens is 2. The second-order valence-corrected chi connectivity index (χ2v) is 6.95. The van der Waals surface area contributed by atoms with Crippen LogP contribution in [0.3, 0.4) is 0 Å². The van der Waals surface area contributed by atoms with Crippen LogP contribution in [-0.2, 0) is 11.4 Å². The molecule has 0 spiro atoms.